The van der Waals surface area contributed by atoms with Crippen LogP contribution in [0.15, 0.2) is 30.5 Å². The number of benzene rings is 1. The fourth-order valence-corrected chi connectivity index (χ4v) is 1.59. The molecule has 0 radical (unpaired) electrons. The summed E-state index contributed by atoms with van der Waals surface area (Å²) in [5, 5.41) is 2.82. The Labute approximate surface area is 115 Å². The number of halogens is 2. The van der Waals surface area contributed by atoms with Crippen molar-refractivity contribution >= 4 is 23.1 Å². The molecule has 0 bridgehead atoms. The van der Waals surface area contributed by atoms with E-state index in [2.05, 4.69) is 15.3 Å². The fraction of sp³-hybridized carbons (Fsp3) is 0.231. The van der Waals surface area contributed by atoms with Crippen molar-refractivity contribution in [2.45, 2.75) is 20.0 Å². The van der Waals surface area contributed by atoms with E-state index in [0.29, 0.717) is 5.69 Å². The average molecular weight is 282 g/mol. The first-order chi connectivity index (χ1) is 9.04. The Kier molecular flexibility index (Phi) is 4.16. The van der Waals surface area contributed by atoms with Crippen LogP contribution in [0.5, 0.6) is 5.75 Å². The lowest BCUT2D eigenvalue weighted by molar-refractivity contribution is 0.242. The van der Waals surface area contributed by atoms with E-state index in [1.54, 1.807) is 24.3 Å². The van der Waals surface area contributed by atoms with E-state index in [9.17, 15) is 4.39 Å². The predicted octanol–water partition coefficient (Wildman–Crippen LogP) is 3.80. The van der Waals surface area contributed by atoms with E-state index in [-0.39, 0.29) is 17.2 Å². The molecule has 100 valence electrons. The van der Waals surface area contributed by atoms with Crippen LogP contribution in [-0.4, -0.2) is 16.1 Å². The summed E-state index contributed by atoms with van der Waals surface area (Å²) in [6, 6.07) is 7.13. The van der Waals surface area contributed by atoms with Crippen LogP contribution in [0.1, 0.15) is 13.8 Å². The summed E-state index contributed by atoms with van der Waals surface area (Å²) in [4.78, 5) is 7.32. The van der Waals surface area contributed by atoms with Crippen LogP contribution in [-0.2, 0) is 0 Å². The Morgan fingerprint density at radius 3 is 2.58 bits per heavy atom. The summed E-state index contributed by atoms with van der Waals surface area (Å²) < 4.78 is 18.9. The first kappa shape index (κ1) is 13.5. The molecule has 19 heavy (non-hydrogen) atoms. The van der Waals surface area contributed by atoms with Crippen LogP contribution in [0.2, 0.25) is 5.28 Å². The van der Waals surface area contributed by atoms with Gasteiger partial charge in [0.2, 0.25) is 5.28 Å². The molecular weight excluding hydrogens is 269 g/mol. The minimum Gasteiger partial charge on any atom is -0.491 e. The maximum atomic E-state index is 13.4. The molecule has 4 nitrogen and oxygen atoms in total. The molecule has 1 aromatic heterocycles. The number of nitrogens with zero attached hydrogens (tertiary/aromatic N) is 2. The summed E-state index contributed by atoms with van der Waals surface area (Å²) in [5.74, 6) is 0.228. The first-order valence-corrected chi connectivity index (χ1v) is 6.14. The monoisotopic (exact) mass is 281 g/mol. The van der Waals surface area contributed by atoms with Gasteiger partial charge in [0, 0.05) is 5.69 Å². The van der Waals surface area contributed by atoms with Crippen molar-refractivity contribution in [3.8, 4) is 5.75 Å². The van der Waals surface area contributed by atoms with E-state index in [0.717, 1.165) is 11.9 Å². The molecule has 0 atom stereocenters. The molecule has 0 amide bonds. The van der Waals surface area contributed by atoms with Gasteiger partial charge in [0.15, 0.2) is 11.6 Å². The molecule has 0 saturated heterocycles. The number of hydrogen-bond acceptors (Lipinski definition) is 4. The Bertz CT molecular complexity index is 560. The first-order valence-electron chi connectivity index (χ1n) is 5.76. The summed E-state index contributed by atoms with van der Waals surface area (Å²) in [7, 11) is 0. The van der Waals surface area contributed by atoms with Crippen LogP contribution in [0, 0.1) is 5.82 Å². The van der Waals surface area contributed by atoms with E-state index in [4.69, 9.17) is 16.3 Å². The minimum atomic E-state index is -0.563. The smallest absolute Gasteiger partial charge is 0.224 e. The highest BCUT2D eigenvalue weighted by molar-refractivity contribution is 6.28. The van der Waals surface area contributed by atoms with Crippen LogP contribution >= 0.6 is 11.6 Å². The second-order valence-corrected chi connectivity index (χ2v) is 4.49. The third-order valence-corrected chi connectivity index (χ3v) is 2.39. The van der Waals surface area contributed by atoms with Gasteiger partial charge in [0.25, 0.3) is 0 Å². The number of anilines is 2. The standard InChI is InChI=1S/C13H13ClFN3O/c1-8(2)19-10-5-3-9(4-6-10)17-12-11(15)7-16-13(14)18-12/h3-8H,1-2H3,(H,16,17,18). The maximum Gasteiger partial charge on any atom is 0.224 e. The summed E-state index contributed by atoms with van der Waals surface area (Å²) in [6.07, 6.45) is 1.13. The van der Waals surface area contributed by atoms with Gasteiger partial charge in [0.05, 0.1) is 12.3 Å². The lowest BCUT2D eigenvalue weighted by Crippen LogP contribution is -2.05. The van der Waals surface area contributed by atoms with Gasteiger partial charge in [-0.1, -0.05) is 0 Å². The van der Waals surface area contributed by atoms with Crippen LogP contribution in [0.25, 0.3) is 0 Å². The second-order valence-electron chi connectivity index (χ2n) is 4.15. The predicted molar refractivity (Wildman–Crippen MR) is 72.5 cm³/mol. The lowest BCUT2D eigenvalue weighted by atomic mass is 10.3. The van der Waals surface area contributed by atoms with Gasteiger partial charge in [0.1, 0.15) is 5.75 Å². The van der Waals surface area contributed by atoms with Gasteiger partial charge in [-0.15, -0.1) is 0 Å². The number of aromatic nitrogens is 2. The molecule has 1 N–H and O–H groups in total. The molecule has 0 aliphatic heterocycles. The third-order valence-electron chi connectivity index (χ3n) is 2.20. The summed E-state index contributed by atoms with van der Waals surface area (Å²) in [5.41, 5.74) is 0.685. The minimum absolute atomic E-state index is 0.0105. The van der Waals surface area contributed by atoms with Crippen molar-refractivity contribution in [2.75, 3.05) is 5.32 Å². The molecule has 1 aromatic carbocycles. The molecule has 0 saturated carbocycles. The zero-order chi connectivity index (χ0) is 13.8. The van der Waals surface area contributed by atoms with Crippen molar-refractivity contribution in [1.29, 1.82) is 0 Å². The van der Waals surface area contributed by atoms with Gasteiger partial charge < -0.3 is 10.1 Å². The zero-order valence-corrected chi connectivity index (χ0v) is 11.3. The maximum absolute atomic E-state index is 13.4. The van der Waals surface area contributed by atoms with Gasteiger partial charge in [-0.05, 0) is 49.7 Å². The molecule has 0 fully saturated rings. The lowest BCUT2D eigenvalue weighted by Gasteiger charge is -2.11. The topological polar surface area (TPSA) is 47.0 Å². The summed E-state index contributed by atoms with van der Waals surface area (Å²) >= 11 is 5.62. The molecular formula is C13H13ClFN3O. The molecule has 2 aromatic rings. The number of nitrogens with one attached hydrogen (secondary N) is 1. The molecule has 0 spiro atoms. The van der Waals surface area contributed by atoms with Crippen molar-refractivity contribution in [3.63, 3.8) is 0 Å². The Morgan fingerprint density at radius 2 is 1.95 bits per heavy atom. The largest absolute Gasteiger partial charge is 0.491 e. The Morgan fingerprint density at radius 1 is 1.26 bits per heavy atom. The Balaban J connectivity index is 2.13. The number of rotatable bonds is 4. The fourth-order valence-electron chi connectivity index (χ4n) is 1.46. The number of hydrogen-bond donors (Lipinski definition) is 1. The van der Waals surface area contributed by atoms with E-state index < -0.39 is 5.82 Å². The van der Waals surface area contributed by atoms with E-state index >= 15 is 0 Å². The van der Waals surface area contributed by atoms with Crippen LogP contribution in [0.3, 0.4) is 0 Å². The van der Waals surface area contributed by atoms with E-state index in [1.165, 1.54) is 0 Å². The highest BCUT2D eigenvalue weighted by Crippen LogP contribution is 2.21. The highest BCUT2D eigenvalue weighted by atomic mass is 35.5. The van der Waals surface area contributed by atoms with Crippen LogP contribution < -0.4 is 10.1 Å². The Hall–Kier alpha value is -1.88. The van der Waals surface area contributed by atoms with Crippen LogP contribution in [0.4, 0.5) is 15.9 Å². The molecule has 2 rings (SSSR count). The average Bonchev–Trinajstić information content (AvgIpc) is 2.35. The molecule has 6 heteroatoms. The second kappa shape index (κ2) is 5.84. The van der Waals surface area contributed by atoms with E-state index in [1.807, 2.05) is 13.8 Å². The zero-order valence-electron chi connectivity index (χ0n) is 10.5. The highest BCUT2D eigenvalue weighted by Gasteiger charge is 2.06. The van der Waals surface area contributed by atoms with Gasteiger partial charge in [-0.25, -0.2) is 9.37 Å². The normalized spacial score (nSPS) is 10.6. The summed E-state index contributed by atoms with van der Waals surface area (Å²) in [6.45, 7) is 3.90. The molecule has 0 aliphatic carbocycles. The molecule has 1 heterocycles. The molecule has 0 unspecified atom stereocenters. The van der Waals surface area contributed by atoms with Crippen molar-refractivity contribution < 1.29 is 9.13 Å². The van der Waals surface area contributed by atoms with Gasteiger partial charge >= 0.3 is 0 Å². The van der Waals surface area contributed by atoms with Gasteiger partial charge in [-0.2, -0.15) is 4.98 Å². The molecule has 0 aliphatic rings. The third kappa shape index (κ3) is 3.79. The van der Waals surface area contributed by atoms with Crippen molar-refractivity contribution in [3.05, 3.63) is 41.6 Å². The quantitative estimate of drug-likeness (QED) is 0.866. The van der Waals surface area contributed by atoms with Crippen molar-refractivity contribution in [2.24, 2.45) is 0 Å². The SMILES string of the molecule is CC(C)Oc1ccc(Nc2nc(Cl)ncc2F)cc1. The van der Waals surface area contributed by atoms with Crippen molar-refractivity contribution in [1.82, 2.24) is 9.97 Å². The number of ether oxygens (including phenoxy) is 1. The van der Waals surface area contributed by atoms with Gasteiger partial charge in [-0.3, -0.25) is 0 Å².